The number of H-pyrrole nitrogens is 1. The summed E-state index contributed by atoms with van der Waals surface area (Å²) in [4.78, 5) is 21.2. The van der Waals surface area contributed by atoms with Gasteiger partial charge in [-0.15, -0.1) is 5.10 Å². The molecule has 1 saturated carbocycles. The molecule has 11 heteroatoms. The zero-order valence-electron chi connectivity index (χ0n) is 20.8. The van der Waals surface area contributed by atoms with E-state index in [9.17, 15) is 4.79 Å². The number of allylic oxidation sites excluding steroid dienone is 1. The molecule has 0 saturated heterocycles. The summed E-state index contributed by atoms with van der Waals surface area (Å²) in [6, 6.07) is 14.2. The highest BCUT2D eigenvalue weighted by Crippen LogP contribution is 2.60. The molecule has 196 valence electrons. The fourth-order valence-corrected chi connectivity index (χ4v) is 6.21. The molecule has 2 N–H and O–H groups in total. The van der Waals surface area contributed by atoms with Gasteiger partial charge in [-0.05, 0) is 76.4 Å². The number of halogens is 2. The van der Waals surface area contributed by atoms with Crippen LogP contribution in [0.15, 0.2) is 78.0 Å². The number of hydrogen-bond acceptors (Lipinski definition) is 6. The Morgan fingerprint density at radius 2 is 1.98 bits per heavy atom. The van der Waals surface area contributed by atoms with Crippen LogP contribution in [0, 0.1) is 11.9 Å². The van der Waals surface area contributed by atoms with Crippen molar-refractivity contribution in [2.45, 2.75) is 18.4 Å². The Kier molecular flexibility index (Phi) is 4.81. The topological polar surface area (TPSA) is 106 Å². The predicted octanol–water partition coefficient (Wildman–Crippen LogP) is 5.33. The van der Waals surface area contributed by atoms with Gasteiger partial charge in [0.25, 0.3) is 5.56 Å². The molecule has 3 unspecified atom stereocenters. The number of aromatic amines is 1. The molecule has 9 nitrogen and oxygen atoms in total. The zero-order valence-corrected chi connectivity index (χ0v) is 21.6. The van der Waals surface area contributed by atoms with Gasteiger partial charge in [-0.1, -0.05) is 30.3 Å². The summed E-state index contributed by atoms with van der Waals surface area (Å²) < 4.78 is 18.6. The van der Waals surface area contributed by atoms with Crippen LogP contribution in [0.4, 0.5) is 10.1 Å². The van der Waals surface area contributed by atoms with E-state index in [1.165, 1.54) is 11.0 Å². The molecule has 40 heavy (non-hydrogen) atoms. The average Bonchev–Trinajstić information content (AvgIpc) is 3.24. The molecule has 5 heterocycles. The van der Waals surface area contributed by atoms with Crippen LogP contribution in [0.3, 0.4) is 0 Å². The standard InChI is InChI=1S/C29H20ClFN8O/c1-14-2-3-15-8-16(4-6-22(15)33-14)26-28(31)35-29(34-26)27-21-12-20(21)24-9-17(10-25(40)39(24)27)19-11-18(30)5-7-23(19)38-13-32-36-37-38/h2-11,13,20-21,27,33H,1,12H2,(H,34,35). The molecule has 8 rings (SSSR count). The number of anilines is 1. The van der Waals surface area contributed by atoms with Crippen LogP contribution in [0.5, 0.6) is 0 Å². The van der Waals surface area contributed by atoms with Crippen LogP contribution in [0.25, 0.3) is 34.1 Å². The average molecular weight is 551 g/mol. The Morgan fingerprint density at radius 3 is 2.83 bits per heavy atom. The van der Waals surface area contributed by atoms with Crippen molar-refractivity contribution < 1.29 is 4.39 Å². The third-order valence-corrected chi connectivity index (χ3v) is 8.14. The van der Waals surface area contributed by atoms with Gasteiger partial charge in [-0.25, -0.2) is 4.98 Å². The first kappa shape index (κ1) is 23.1. The van der Waals surface area contributed by atoms with Crippen molar-refractivity contribution in [3.05, 3.63) is 112 Å². The minimum absolute atomic E-state index is 0.168. The smallest absolute Gasteiger partial charge is 0.252 e. The number of fused-ring (bicyclic) bond motifs is 4. The number of imidazole rings is 1. The Morgan fingerprint density at radius 1 is 1.07 bits per heavy atom. The van der Waals surface area contributed by atoms with Crippen molar-refractivity contribution >= 4 is 23.4 Å². The second-order valence-electron chi connectivity index (χ2n) is 10.3. The number of hydrogen-bond donors (Lipinski definition) is 2. The number of pyridine rings is 1. The van der Waals surface area contributed by atoms with Gasteiger partial charge in [0.1, 0.15) is 17.8 Å². The van der Waals surface area contributed by atoms with E-state index >= 15 is 4.39 Å². The molecule has 0 amide bonds. The highest BCUT2D eigenvalue weighted by atomic mass is 35.5. The molecule has 2 aliphatic heterocycles. The van der Waals surface area contributed by atoms with Crippen molar-refractivity contribution in [1.82, 2.24) is 34.7 Å². The molecular formula is C29H20ClFN8O. The van der Waals surface area contributed by atoms with E-state index in [0.717, 1.165) is 40.2 Å². The first-order valence-corrected chi connectivity index (χ1v) is 13.2. The lowest BCUT2D eigenvalue weighted by Gasteiger charge is -2.17. The maximum atomic E-state index is 15.3. The monoisotopic (exact) mass is 550 g/mol. The summed E-state index contributed by atoms with van der Waals surface area (Å²) >= 11 is 6.34. The number of nitrogens with zero attached hydrogens (tertiary/aromatic N) is 6. The van der Waals surface area contributed by atoms with E-state index < -0.39 is 5.95 Å². The van der Waals surface area contributed by atoms with E-state index in [2.05, 4.69) is 37.4 Å². The molecule has 3 atom stereocenters. The minimum atomic E-state index is -0.521. The van der Waals surface area contributed by atoms with Crippen LogP contribution in [-0.2, 0) is 0 Å². The number of tetrazole rings is 1. The Bertz CT molecular complexity index is 1960. The number of aromatic nitrogens is 7. The van der Waals surface area contributed by atoms with Crippen LogP contribution in [0.2, 0.25) is 5.02 Å². The number of nitrogens with one attached hydrogen (secondary N) is 2. The van der Waals surface area contributed by atoms with Crippen LogP contribution >= 0.6 is 11.6 Å². The lowest BCUT2D eigenvalue weighted by Crippen LogP contribution is -2.26. The van der Waals surface area contributed by atoms with Gasteiger partial charge in [-0.3, -0.25) is 4.79 Å². The molecular weight excluding hydrogens is 531 g/mol. The van der Waals surface area contributed by atoms with Crippen molar-refractivity contribution in [2.24, 2.45) is 5.92 Å². The molecule has 0 spiro atoms. The van der Waals surface area contributed by atoms with Crippen molar-refractivity contribution in [3.8, 4) is 28.1 Å². The van der Waals surface area contributed by atoms with E-state index in [1.54, 1.807) is 22.8 Å². The molecule has 1 aliphatic carbocycles. The number of benzene rings is 2. The second-order valence-corrected chi connectivity index (χ2v) is 10.8. The van der Waals surface area contributed by atoms with Gasteiger partial charge in [0.05, 0.1) is 11.7 Å². The van der Waals surface area contributed by atoms with Gasteiger partial charge in [0, 0.05) is 45.2 Å². The third kappa shape index (κ3) is 3.49. The van der Waals surface area contributed by atoms with E-state index in [4.69, 9.17) is 11.6 Å². The van der Waals surface area contributed by atoms with Crippen LogP contribution < -0.4 is 10.9 Å². The maximum Gasteiger partial charge on any atom is 0.252 e. The summed E-state index contributed by atoms with van der Waals surface area (Å²) in [5.41, 5.74) is 6.40. The number of rotatable bonds is 4. The fourth-order valence-electron chi connectivity index (χ4n) is 6.04. The summed E-state index contributed by atoms with van der Waals surface area (Å²) in [5.74, 6) is 0.289. The molecule has 3 aliphatic rings. The largest absolute Gasteiger partial charge is 0.356 e. The Hall–Kier alpha value is -4.83. The van der Waals surface area contributed by atoms with E-state index in [-0.39, 0.29) is 29.1 Å². The molecule has 5 aromatic rings. The SMILES string of the molecule is C=C1C=Cc2cc(-c3nc(C4C5CC5c5cc(-c6cc(Cl)ccc6-n6cnnn6)cc(=O)n54)[nH]c3F)ccc2N1. The van der Waals surface area contributed by atoms with Crippen LogP contribution in [-0.4, -0.2) is 34.7 Å². The van der Waals surface area contributed by atoms with Crippen molar-refractivity contribution in [2.75, 3.05) is 5.32 Å². The first-order valence-electron chi connectivity index (χ1n) is 12.8. The van der Waals surface area contributed by atoms with Gasteiger partial charge < -0.3 is 14.9 Å². The van der Waals surface area contributed by atoms with Crippen molar-refractivity contribution in [1.29, 1.82) is 0 Å². The first-order chi connectivity index (χ1) is 19.4. The molecule has 0 radical (unpaired) electrons. The highest BCUT2D eigenvalue weighted by molar-refractivity contribution is 6.31. The van der Waals surface area contributed by atoms with E-state index in [0.29, 0.717) is 22.1 Å². The third-order valence-electron chi connectivity index (χ3n) is 7.91. The molecule has 2 aromatic carbocycles. The van der Waals surface area contributed by atoms with Crippen molar-refractivity contribution in [3.63, 3.8) is 0 Å². The maximum absolute atomic E-state index is 15.3. The minimum Gasteiger partial charge on any atom is -0.356 e. The quantitative estimate of drug-likeness (QED) is 0.313. The summed E-state index contributed by atoms with van der Waals surface area (Å²) in [6.07, 6.45) is 6.21. The Balaban J connectivity index is 1.19. The van der Waals surface area contributed by atoms with E-state index in [1.807, 2.05) is 42.5 Å². The lowest BCUT2D eigenvalue weighted by atomic mass is 10.0. The van der Waals surface area contributed by atoms with Gasteiger partial charge in [-0.2, -0.15) is 9.07 Å². The summed E-state index contributed by atoms with van der Waals surface area (Å²) in [5, 5.41) is 15.2. The highest BCUT2D eigenvalue weighted by Gasteiger charge is 2.54. The summed E-state index contributed by atoms with van der Waals surface area (Å²) in [7, 11) is 0. The van der Waals surface area contributed by atoms with Gasteiger partial charge in [0.15, 0.2) is 0 Å². The summed E-state index contributed by atoms with van der Waals surface area (Å²) in [6.45, 7) is 3.92. The molecule has 3 aromatic heterocycles. The zero-order chi connectivity index (χ0) is 27.1. The van der Waals surface area contributed by atoms with Gasteiger partial charge >= 0.3 is 0 Å². The van der Waals surface area contributed by atoms with Gasteiger partial charge in [0.2, 0.25) is 5.95 Å². The lowest BCUT2D eigenvalue weighted by molar-refractivity contribution is 0.504. The predicted molar refractivity (Wildman–Crippen MR) is 149 cm³/mol. The Labute approximate surface area is 231 Å². The molecule has 1 fully saturated rings. The van der Waals surface area contributed by atoms with Crippen LogP contribution in [0.1, 0.15) is 35.5 Å². The molecule has 0 bridgehead atoms. The second kappa shape index (κ2) is 8.33. The normalized spacial score (nSPS) is 20.1. The fraction of sp³-hybridized carbons (Fsp3) is 0.138.